The van der Waals surface area contributed by atoms with E-state index in [1.54, 1.807) is 0 Å². The SMILES string of the molecule is Cc1ccc(C2CN=C(N)N2C)cc1. The third-order valence-corrected chi connectivity index (χ3v) is 2.72. The maximum atomic E-state index is 5.71. The molecule has 14 heavy (non-hydrogen) atoms. The maximum absolute atomic E-state index is 5.71. The molecule has 3 nitrogen and oxygen atoms in total. The monoisotopic (exact) mass is 189 g/mol. The van der Waals surface area contributed by atoms with Crippen LogP contribution in [0.25, 0.3) is 0 Å². The highest BCUT2D eigenvalue weighted by Gasteiger charge is 2.23. The predicted molar refractivity (Wildman–Crippen MR) is 58.2 cm³/mol. The van der Waals surface area contributed by atoms with Crippen LogP contribution in [0.4, 0.5) is 0 Å². The van der Waals surface area contributed by atoms with Gasteiger partial charge in [-0.15, -0.1) is 0 Å². The Morgan fingerprint density at radius 3 is 2.50 bits per heavy atom. The minimum absolute atomic E-state index is 0.315. The first-order valence-electron chi connectivity index (χ1n) is 4.78. The third-order valence-electron chi connectivity index (χ3n) is 2.72. The second kappa shape index (κ2) is 3.33. The van der Waals surface area contributed by atoms with E-state index in [4.69, 9.17) is 5.73 Å². The number of likely N-dealkylation sites (N-methyl/N-ethyl adjacent to an activating group) is 1. The van der Waals surface area contributed by atoms with E-state index in [9.17, 15) is 0 Å². The number of hydrogen-bond acceptors (Lipinski definition) is 3. The largest absolute Gasteiger partial charge is 0.370 e. The second-order valence-corrected chi connectivity index (χ2v) is 3.74. The standard InChI is InChI=1S/C11H15N3/c1-8-3-5-9(6-4-8)10-7-13-11(12)14(10)2/h3-6,10H,7H2,1-2H3,(H2,12,13). The molecule has 1 heterocycles. The number of aryl methyl sites for hydroxylation is 1. The number of benzene rings is 1. The molecule has 0 fully saturated rings. The second-order valence-electron chi connectivity index (χ2n) is 3.74. The zero-order chi connectivity index (χ0) is 10.1. The normalized spacial score (nSPS) is 21.1. The Hall–Kier alpha value is -1.51. The molecule has 1 unspecified atom stereocenters. The molecule has 2 N–H and O–H groups in total. The zero-order valence-electron chi connectivity index (χ0n) is 8.57. The average molecular weight is 189 g/mol. The molecule has 1 aromatic carbocycles. The van der Waals surface area contributed by atoms with E-state index in [1.807, 2.05) is 11.9 Å². The summed E-state index contributed by atoms with van der Waals surface area (Å²) in [6, 6.07) is 8.85. The molecule has 2 rings (SSSR count). The van der Waals surface area contributed by atoms with Crippen LogP contribution in [0.3, 0.4) is 0 Å². The summed E-state index contributed by atoms with van der Waals surface area (Å²) in [4.78, 5) is 6.24. The Balaban J connectivity index is 2.22. The van der Waals surface area contributed by atoms with Gasteiger partial charge in [-0.25, -0.2) is 0 Å². The molecule has 0 aliphatic carbocycles. The van der Waals surface area contributed by atoms with Crippen molar-refractivity contribution in [2.75, 3.05) is 13.6 Å². The van der Waals surface area contributed by atoms with Gasteiger partial charge in [0.1, 0.15) is 0 Å². The van der Waals surface area contributed by atoms with Gasteiger partial charge >= 0.3 is 0 Å². The van der Waals surface area contributed by atoms with Gasteiger partial charge in [-0.1, -0.05) is 29.8 Å². The highest BCUT2D eigenvalue weighted by molar-refractivity contribution is 5.80. The molecule has 0 amide bonds. The summed E-state index contributed by atoms with van der Waals surface area (Å²) in [7, 11) is 1.98. The Bertz CT molecular complexity index is 353. The van der Waals surface area contributed by atoms with Gasteiger partial charge in [0.15, 0.2) is 5.96 Å². The predicted octanol–water partition coefficient (Wildman–Crippen LogP) is 1.30. The number of rotatable bonds is 1. The quantitative estimate of drug-likeness (QED) is 0.723. The molecule has 0 aromatic heterocycles. The lowest BCUT2D eigenvalue weighted by Crippen LogP contribution is -2.32. The third kappa shape index (κ3) is 1.45. The molecule has 0 radical (unpaired) electrons. The van der Waals surface area contributed by atoms with Crippen molar-refractivity contribution in [2.45, 2.75) is 13.0 Å². The lowest BCUT2D eigenvalue weighted by Gasteiger charge is -2.21. The van der Waals surface area contributed by atoms with Gasteiger partial charge in [0, 0.05) is 7.05 Å². The summed E-state index contributed by atoms with van der Waals surface area (Å²) in [6.45, 7) is 2.86. The maximum Gasteiger partial charge on any atom is 0.191 e. The molecule has 1 aliphatic heterocycles. The van der Waals surface area contributed by atoms with Gasteiger partial charge in [-0.05, 0) is 12.5 Å². The molecule has 1 aromatic rings. The molecule has 0 spiro atoms. The first-order valence-corrected chi connectivity index (χ1v) is 4.78. The van der Waals surface area contributed by atoms with Crippen molar-refractivity contribution in [1.29, 1.82) is 0 Å². The first-order chi connectivity index (χ1) is 6.68. The summed E-state index contributed by atoms with van der Waals surface area (Å²) in [5.74, 6) is 0.635. The molecule has 0 saturated carbocycles. The van der Waals surface area contributed by atoms with Crippen molar-refractivity contribution in [3.63, 3.8) is 0 Å². The van der Waals surface area contributed by atoms with Crippen LogP contribution < -0.4 is 5.73 Å². The fourth-order valence-electron chi connectivity index (χ4n) is 1.69. The van der Waals surface area contributed by atoms with Crippen LogP contribution in [0.5, 0.6) is 0 Å². The number of aliphatic imine (C=N–C) groups is 1. The van der Waals surface area contributed by atoms with Crippen molar-refractivity contribution in [1.82, 2.24) is 4.90 Å². The molecule has 0 saturated heterocycles. The van der Waals surface area contributed by atoms with Gasteiger partial charge in [-0.3, -0.25) is 4.99 Å². The van der Waals surface area contributed by atoms with Crippen LogP contribution in [0, 0.1) is 6.92 Å². The Morgan fingerprint density at radius 1 is 1.36 bits per heavy atom. The molecule has 74 valence electrons. The van der Waals surface area contributed by atoms with Crippen molar-refractivity contribution in [3.05, 3.63) is 35.4 Å². The van der Waals surface area contributed by atoms with E-state index < -0.39 is 0 Å². The minimum atomic E-state index is 0.315. The van der Waals surface area contributed by atoms with Crippen molar-refractivity contribution < 1.29 is 0 Å². The van der Waals surface area contributed by atoms with Crippen LogP contribution in [-0.2, 0) is 0 Å². The summed E-state index contributed by atoms with van der Waals surface area (Å²) >= 11 is 0. The van der Waals surface area contributed by atoms with Crippen LogP contribution in [0.2, 0.25) is 0 Å². The lowest BCUT2D eigenvalue weighted by molar-refractivity contribution is 0.414. The van der Waals surface area contributed by atoms with Crippen molar-refractivity contribution >= 4 is 5.96 Å². The highest BCUT2D eigenvalue weighted by Crippen LogP contribution is 2.23. The van der Waals surface area contributed by atoms with Gasteiger partial charge in [0.25, 0.3) is 0 Å². The summed E-state index contributed by atoms with van der Waals surface area (Å²) in [5, 5.41) is 0. The Kier molecular flexibility index (Phi) is 2.15. The molecular weight excluding hydrogens is 174 g/mol. The number of nitrogens with two attached hydrogens (primary N) is 1. The van der Waals surface area contributed by atoms with E-state index in [0.717, 1.165) is 6.54 Å². The number of hydrogen-bond donors (Lipinski definition) is 1. The van der Waals surface area contributed by atoms with Crippen LogP contribution in [0.1, 0.15) is 17.2 Å². The number of nitrogens with zero attached hydrogens (tertiary/aromatic N) is 2. The van der Waals surface area contributed by atoms with E-state index in [0.29, 0.717) is 12.0 Å². The fraction of sp³-hybridized carbons (Fsp3) is 0.364. The van der Waals surface area contributed by atoms with E-state index >= 15 is 0 Å². The Morgan fingerprint density at radius 2 is 2.00 bits per heavy atom. The Labute approximate surface area is 84.2 Å². The van der Waals surface area contributed by atoms with Crippen LogP contribution in [-0.4, -0.2) is 24.5 Å². The highest BCUT2D eigenvalue weighted by atomic mass is 15.3. The molecule has 0 bridgehead atoms. The zero-order valence-corrected chi connectivity index (χ0v) is 8.57. The minimum Gasteiger partial charge on any atom is -0.370 e. The summed E-state index contributed by atoms with van der Waals surface area (Å²) in [6.07, 6.45) is 0. The first kappa shape index (κ1) is 9.06. The van der Waals surface area contributed by atoms with Crippen molar-refractivity contribution in [2.24, 2.45) is 10.7 Å². The smallest absolute Gasteiger partial charge is 0.191 e. The lowest BCUT2D eigenvalue weighted by atomic mass is 10.1. The van der Waals surface area contributed by atoms with E-state index in [2.05, 4.69) is 36.2 Å². The molecule has 1 aliphatic rings. The van der Waals surface area contributed by atoms with E-state index in [-0.39, 0.29) is 0 Å². The van der Waals surface area contributed by atoms with Gasteiger partial charge in [0.05, 0.1) is 12.6 Å². The van der Waals surface area contributed by atoms with Gasteiger partial charge < -0.3 is 10.6 Å². The molecule has 3 heteroatoms. The van der Waals surface area contributed by atoms with Crippen molar-refractivity contribution in [3.8, 4) is 0 Å². The van der Waals surface area contributed by atoms with Gasteiger partial charge in [-0.2, -0.15) is 0 Å². The van der Waals surface area contributed by atoms with Gasteiger partial charge in [0.2, 0.25) is 0 Å². The summed E-state index contributed by atoms with van der Waals surface area (Å²) < 4.78 is 0. The molecular formula is C11H15N3. The van der Waals surface area contributed by atoms with E-state index in [1.165, 1.54) is 11.1 Å². The topological polar surface area (TPSA) is 41.6 Å². The summed E-state index contributed by atoms with van der Waals surface area (Å²) in [5.41, 5.74) is 8.27. The van der Waals surface area contributed by atoms with Crippen LogP contribution >= 0.6 is 0 Å². The van der Waals surface area contributed by atoms with Crippen LogP contribution in [0.15, 0.2) is 29.3 Å². The molecule has 1 atom stereocenters. The fourth-order valence-corrected chi connectivity index (χ4v) is 1.69. The average Bonchev–Trinajstić information content (AvgIpc) is 2.50. The number of guanidine groups is 1.